The number of aliphatic imine (C=N–C) groups is 1. The van der Waals surface area contributed by atoms with Crippen LogP contribution in [-0.4, -0.2) is 6.21 Å². The van der Waals surface area contributed by atoms with Crippen molar-refractivity contribution in [3.05, 3.63) is 28.8 Å². The van der Waals surface area contributed by atoms with Crippen LogP contribution in [0.15, 0.2) is 17.1 Å². The molecule has 98 valence electrons. The van der Waals surface area contributed by atoms with E-state index >= 15 is 0 Å². The quantitative estimate of drug-likeness (QED) is 0.612. The van der Waals surface area contributed by atoms with E-state index in [9.17, 15) is 0 Å². The Bertz CT molecular complexity index is 482. The molecular formula is C17H25N. The summed E-state index contributed by atoms with van der Waals surface area (Å²) >= 11 is 0. The van der Waals surface area contributed by atoms with Gasteiger partial charge in [-0.3, -0.25) is 4.99 Å². The summed E-state index contributed by atoms with van der Waals surface area (Å²) in [6.45, 7) is 13.9. The summed E-state index contributed by atoms with van der Waals surface area (Å²) in [6, 6.07) is 4.48. The molecule has 0 atom stereocenters. The Balaban J connectivity index is 2.74. The Morgan fingerprint density at radius 1 is 0.944 bits per heavy atom. The van der Waals surface area contributed by atoms with Crippen LogP contribution < -0.4 is 0 Å². The fourth-order valence-corrected chi connectivity index (χ4v) is 2.86. The first kappa shape index (κ1) is 13.3. The lowest BCUT2D eigenvalue weighted by atomic mass is 9.72. The molecule has 0 aromatic heterocycles. The molecule has 2 rings (SSSR count). The number of hydrogen-bond donors (Lipinski definition) is 0. The van der Waals surface area contributed by atoms with Crippen molar-refractivity contribution in [2.75, 3.05) is 0 Å². The molecule has 0 saturated heterocycles. The minimum Gasteiger partial charge on any atom is -0.261 e. The number of hydrogen-bond acceptors (Lipinski definition) is 1. The van der Waals surface area contributed by atoms with Gasteiger partial charge in [0.05, 0.1) is 5.69 Å². The third-order valence-electron chi connectivity index (χ3n) is 3.60. The maximum absolute atomic E-state index is 4.57. The average molecular weight is 243 g/mol. The van der Waals surface area contributed by atoms with Crippen molar-refractivity contribution in [1.29, 1.82) is 0 Å². The highest BCUT2D eigenvalue weighted by molar-refractivity contribution is 5.71. The fraction of sp³-hybridized carbons (Fsp3) is 0.588. The van der Waals surface area contributed by atoms with E-state index in [1.165, 1.54) is 22.4 Å². The van der Waals surface area contributed by atoms with Gasteiger partial charge in [0.15, 0.2) is 0 Å². The average Bonchev–Trinajstić information content (AvgIpc) is 2.24. The van der Waals surface area contributed by atoms with Crippen LogP contribution in [0.3, 0.4) is 0 Å². The third kappa shape index (κ3) is 2.36. The van der Waals surface area contributed by atoms with Gasteiger partial charge in [0.25, 0.3) is 0 Å². The highest BCUT2D eigenvalue weighted by Crippen LogP contribution is 2.41. The smallest absolute Gasteiger partial charge is 0.0660 e. The summed E-state index contributed by atoms with van der Waals surface area (Å²) in [6.07, 6.45) is 4.25. The summed E-state index contributed by atoms with van der Waals surface area (Å²) in [5, 5.41) is 0. The molecule has 1 heterocycles. The van der Waals surface area contributed by atoms with Crippen molar-refractivity contribution >= 4 is 11.9 Å². The van der Waals surface area contributed by atoms with Gasteiger partial charge in [0.1, 0.15) is 0 Å². The van der Waals surface area contributed by atoms with E-state index in [4.69, 9.17) is 0 Å². The molecule has 0 radical (unpaired) electrons. The van der Waals surface area contributed by atoms with Gasteiger partial charge in [-0.05, 0) is 46.4 Å². The van der Waals surface area contributed by atoms with Gasteiger partial charge in [0, 0.05) is 6.21 Å². The minimum atomic E-state index is 0.181. The van der Waals surface area contributed by atoms with Gasteiger partial charge < -0.3 is 0 Å². The van der Waals surface area contributed by atoms with Crippen LogP contribution >= 0.6 is 0 Å². The fourth-order valence-electron chi connectivity index (χ4n) is 2.86. The molecule has 0 bridgehead atoms. The predicted octanol–water partition coefficient (Wildman–Crippen LogP) is 4.93. The van der Waals surface area contributed by atoms with E-state index in [0.717, 1.165) is 12.8 Å². The molecule has 0 amide bonds. The summed E-state index contributed by atoms with van der Waals surface area (Å²) in [4.78, 5) is 4.57. The lowest BCUT2D eigenvalue weighted by molar-refractivity contribution is 0.525. The molecule has 1 heteroatoms. The minimum absolute atomic E-state index is 0.181. The summed E-state index contributed by atoms with van der Waals surface area (Å²) in [7, 11) is 0. The van der Waals surface area contributed by atoms with Crippen LogP contribution in [0, 0.1) is 0 Å². The van der Waals surface area contributed by atoms with Gasteiger partial charge in [-0.15, -0.1) is 0 Å². The first-order chi connectivity index (χ1) is 8.21. The van der Waals surface area contributed by atoms with Crippen LogP contribution in [0.1, 0.15) is 64.7 Å². The molecule has 0 unspecified atom stereocenters. The SMILES string of the molecule is CC(C)(C)c1ccc2c(c1C(C)(C)C)CCC=N2. The summed E-state index contributed by atoms with van der Waals surface area (Å²) in [5.74, 6) is 0. The molecule has 1 aliphatic rings. The van der Waals surface area contributed by atoms with Gasteiger partial charge in [-0.25, -0.2) is 0 Å². The van der Waals surface area contributed by atoms with Crippen molar-refractivity contribution in [1.82, 2.24) is 0 Å². The van der Waals surface area contributed by atoms with Crippen LogP contribution in [0.5, 0.6) is 0 Å². The zero-order valence-corrected chi connectivity index (χ0v) is 12.6. The molecular weight excluding hydrogens is 218 g/mol. The lowest BCUT2D eigenvalue weighted by Gasteiger charge is -2.33. The molecule has 0 saturated carbocycles. The second-order valence-corrected chi connectivity index (χ2v) is 7.34. The van der Waals surface area contributed by atoms with E-state index in [2.05, 4.69) is 58.7 Å². The molecule has 1 aromatic carbocycles. The van der Waals surface area contributed by atoms with Crippen LogP contribution in [-0.2, 0) is 17.3 Å². The maximum Gasteiger partial charge on any atom is 0.0660 e. The molecule has 0 fully saturated rings. The van der Waals surface area contributed by atoms with E-state index in [1.54, 1.807) is 0 Å². The molecule has 18 heavy (non-hydrogen) atoms. The topological polar surface area (TPSA) is 12.4 Å². The number of fused-ring (bicyclic) bond motifs is 1. The molecule has 1 aromatic rings. The summed E-state index contributed by atoms with van der Waals surface area (Å²) < 4.78 is 0. The second kappa shape index (κ2) is 4.22. The Morgan fingerprint density at radius 2 is 1.61 bits per heavy atom. The normalized spacial score (nSPS) is 15.7. The Kier molecular flexibility index (Phi) is 3.12. The lowest BCUT2D eigenvalue weighted by Crippen LogP contribution is -2.24. The molecule has 1 nitrogen and oxygen atoms in total. The van der Waals surface area contributed by atoms with Crippen LogP contribution in [0.4, 0.5) is 5.69 Å². The van der Waals surface area contributed by atoms with Crippen molar-refractivity contribution in [2.45, 2.75) is 65.2 Å². The molecule has 1 aliphatic heterocycles. The van der Waals surface area contributed by atoms with Crippen molar-refractivity contribution in [3.8, 4) is 0 Å². The Hall–Kier alpha value is -1.11. The monoisotopic (exact) mass is 243 g/mol. The zero-order chi connectivity index (χ0) is 13.6. The van der Waals surface area contributed by atoms with Gasteiger partial charge in [-0.1, -0.05) is 47.6 Å². The van der Waals surface area contributed by atoms with Gasteiger partial charge >= 0.3 is 0 Å². The maximum atomic E-state index is 4.57. The van der Waals surface area contributed by atoms with Crippen molar-refractivity contribution in [3.63, 3.8) is 0 Å². The van der Waals surface area contributed by atoms with Crippen LogP contribution in [0.2, 0.25) is 0 Å². The zero-order valence-electron chi connectivity index (χ0n) is 12.6. The van der Waals surface area contributed by atoms with Gasteiger partial charge in [0.2, 0.25) is 0 Å². The Morgan fingerprint density at radius 3 is 2.17 bits per heavy atom. The number of nitrogens with zero attached hydrogens (tertiary/aromatic N) is 1. The highest BCUT2D eigenvalue weighted by Gasteiger charge is 2.29. The van der Waals surface area contributed by atoms with Gasteiger partial charge in [-0.2, -0.15) is 0 Å². The first-order valence-corrected chi connectivity index (χ1v) is 6.90. The second-order valence-electron chi connectivity index (χ2n) is 7.34. The molecule has 0 aliphatic carbocycles. The van der Waals surface area contributed by atoms with Crippen molar-refractivity contribution in [2.24, 2.45) is 4.99 Å². The number of benzene rings is 1. The summed E-state index contributed by atoms with van der Waals surface area (Å²) in [5.41, 5.74) is 6.02. The third-order valence-corrected chi connectivity index (χ3v) is 3.60. The molecule has 0 spiro atoms. The van der Waals surface area contributed by atoms with E-state index in [1.807, 2.05) is 6.21 Å². The largest absolute Gasteiger partial charge is 0.261 e. The number of rotatable bonds is 0. The van der Waals surface area contributed by atoms with E-state index < -0.39 is 0 Å². The first-order valence-electron chi connectivity index (χ1n) is 6.90. The van der Waals surface area contributed by atoms with E-state index in [-0.39, 0.29) is 10.8 Å². The van der Waals surface area contributed by atoms with E-state index in [0.29, 0.717) is 0 Å². The standard InChI is InChI=1S/C17H25N/c1-16(2,3)13-9-10-14-12(8-7-11-18-14)15(13)17(4,5)6/h9-11H,7-8H2,1-6H3. The Labute approximate surface area is 111 Å². The predicted molar refractivity (Wildman–Crippen MR) is 80.3 cm³/mol. The highest BCUT2D eigenvalue weighted by atomic mass is 14.7. The molecule has 0 N–H and O–H groups in total. The van der Waals surface area contributed by atoms with Crippen molar-refractivity contribution < 1.29 is 0 Å². The van der Waals surface area contributed by atoms with Crippen LogP contribution in [0.25, 0.3) is 0 Å².